The van der Waals surface area contributed by atoms with Gasteiger partial charge in [0.15, 0.2) is 0 Å². The van der Waals surface area contributed by atoms with E-state index in [1.807, 2.05) is 0 Å². The van der Waals surface area contributed by atoms with Crippen molar-refractivity contribution in [2.75, 3.05) is 7.11 Å². The van der Waals surface area contributed by atoms with Crippen LogP contribution in [0.5, 0.6) is 0 Å². The highest BCUT2D eigenvalue weighted by Crippen LogP contribution is 2.23. The van der Waals surface area contributed by atoms with Gasteiger partial charge in [-0.25, -0.2) is 4.79 Å². The van der Waals surface area contributed by atoms with Gasteiger partial charge in [-0.1, -0.05) is 18.2 Å². The Bertz CT molecular complexity index is 614. The van der Waals surface area contributed by atoms with Gasteiger partial charge in [0.25, 0.3) is 11.8 Å². The third kappa shape index (κ3) is 2.98. The monoisotopic (exact) mass is 304 g/mol. The molecule has 2 rings (SSSR count). The third-order valence-electron chi connectivity index (χ3n) is 3.40. The second-order valence-electron chi connectivity index (χ2n) is 4.91. The lowest BCUT2D eigenvalue weighted by Crippen LogP contribution is -2.45. The normalized spacial score (nSPS) is 20.6. The highest BCUT2D eigenvalue weighted by molar-refractivity contribution is 6.11. The quantitative estimate of drug-likeness (QED) is 0.632. The van der Waals surface area contributed by atoms with Crippen LogP contribution >= 0.6 is 0 Å². The number of likely N-dealkylation sites (tertiary alicyclic amines) is 1. The van der Waals surface area contributed by atoms with E-state index in [4.69, 9.17) is 0 Å². The van der Waals surface area contributed by atoms with Gasteiger partial charge in [-0.2, -0.15) is 0 Å². The topological polar surface area (TPSA) is 92.8 Å². The van der Waals surface area contributed by atoms with E-state index in [0.29, 0.717) is 0 Å². The molecule has 7 nitrogen and oxygen atoms in total. The van der Waals surface area contributed by atoms with Crippen molar-refractivity contribution in [2.45, 2.75) is 25.4 Å². The van der Waals surface area contributed by atoms with Crippen molar-refractivity contribution < 1.29 is 23.9 Å². The van der Waals surface area contributed by atoms with Crippen LogP contribution in [0.1, 0.15) is 23.7 Å². The molecular formula is C15H16N2O5. The van der Waals surface area contributed by atoms with Crippen LogP contribution in [0.25, 0.3) is 0 Å². The van der Waals surface area contributed by atoms with Crippen molar-refractivity contribution in [2.24, 2.45) is 0 Å². The summed E-state index contributed by atoms with van der Waals surface area (Å²) < 4.78 is 4.65. The summed E-state index contributed by atoms with van der Waals surface area (Å²) in [6, 6.07) is 6.21. The number of carbonyl (C=O) groups excluding carboxylic acids is 4. The first-order valence-electron chi connectivity index (χ1n) is 6.73. The molecule has 1 heterocycles. The predicted molar refractivity (Wildman–Crippen MR) is 75.6 cm³/mol. The summed E-state index contributed by atoms with van der Waals surface area (Å²) in [7, 11) is 1.18. The van der Waals surface area contributed by atoms with Crippen LogP contribution in [-0.2, 0) is 19.1 Å². The largest absolute Gasteiger partial charge is 0.467 e. The number of carbonyl (C=O) groups is 4. The Hall–Kier alpha value is -2.70. The van der Waals surface area contributed by atoms with Crippen molar-refractivity contribution >= 4 is 23.7 Å². The first kappa shape index (κ1) is 15.7. The molecule has 7 heteroatoms. The molecule has 22 heavy (non-hydrogen) atoms. The molecule has 1 N–H and O–H groups in total. The van der Waals surface area contributed by atoms with E-state index in [1.165, 1.54) is 14.0 Å². The molecule has 116 valence electrons. The molecule has 1 aromatic rings. The summed E-state index contributed by atoms with van der Waals surface area (Å²) in [6.45, 7) is 1.27. The predicted octanol–water partition coefficient (Wildman–Crippen LogP) is 0.105. The molecule has 1 fully saturated rings. The zero-order valence-electron chi connectivity index (χ0n) is 12.2. The van der Waals surface area contributed by atoms with Gasteiger partial charge in [-0.3, -0.25) is 19.3 Å². The summed E-state index contributed by atoms with van der Waals surface area (Å²) >= 11 is 0. The second kappa shape index (κ2) is 6.38. The van der Waals surface area contributed by atoms with Crippen molar-refractivity contribution in [3.05, 3.63) is 35.9 Å². The molecule has 0 spiro atoms. The molecule has 0 aromatic heterocycles. The molecule has 3 amide bonds. The van der Waals surface area contributed by atoms with Crippen LogP contribution < -0.4 is 5.32 Å². The maximum absolute atomic E-state index is 12.5. The molecule has 0 aliphatic carbocycles. The van der Waals surface area contributed by atoms with Gasteiger partial charge in [-0.05, 0) is 12.1 Å². The van der Waals surface area contributed by atoms with Gasteiger partial charge < -0.3 is 10.1 Å². The van der Waals surface area contributed by atoms with E-state index < -0.39 is 35.8 Å². The zero-order chi connectivity index (χ0) is 16.3. The fourth-order valence-corrected chi connectivity index (χ4v) is 2.42. The van der Waals surface area contributed by atoms with Gasteiger partial charge in [0.1, 0.15) is 12.1 Å². The molecule has 1 aliphatic rings. The molecule has 1 aromatic carbocycles. The van der Waals surface area contributed by atoms with Crippen LogP contribution in [0.15, 0.2) is 30.3 Å². The maximum atomic E-state index is 12.5. The van der Waals surface area contributed by atoms with Crippen LogP contribution in [-0.4, -0.2) is 47.8 Å². The summed E-state index contributed by atoms with van der Waals surface area (Å²) in [5.41, 5.74) is 0.285. The van der Waals surface area contributed by atoms with Crippen LogP contribution in [0.3, 0.4) is 0 Å². The maximum Gasteiger partial charge on any atom is 0.329 e. The smallest absolute Gasteiger partial charge is 0.329 e. The van der Waals surface area contributed by atoms with Crippen LogP contribution in [0, 0.1) is 0 Å². The molecule has 1 aliphatic heterocycles. The number of hydrogen-bond donors (Lipinski definition) is 1. The number of imide groups is 1. The van der Waals surface area contributed by atoms with E-state index in [9.17, 15) is 19.2 Å². The first-order chi connectivity index (χ1) is 10.5. The number of rotatable bonds is 3. The standard InChI is InChI=1S/C15H16N2O5/c1-9(18)16-11-8-12(15(21)22-2)17(14(11)20)13(19)10-6-4-3-5-7-10/h3-7,11-12H,8H2,1-2H3,(H,16,18)/t11-,12-/m0/s1. The highest BCUT2D eigenvalue weighted by atomic mass is 16.5. The van der Waals surface area contributed by atoms with E-state index in [2.05, 4.69) is 10.1 Å². The Balaban J connectivity index is 2.32. The highest BCUT2D eigenvalue weighted by Gasteiger charge is 2.47. The van der Waals surface area contributed by atoms with Crippen LogP contribution in [0.2, 0.25) is 0 Å². The fraction of sp³-hybridized carbons (Fsp3) is 0.333. The molecule has 2 atom stereocenters. The summed E-state index contributed by atoms with van der Waals surface area (Å²) in [6.07, 6.45) is 0.00363. The van der Waals surface area contributed by atoms with E-state index in [1.54, 1.807) is 30.3 Å². The molecule has 0 bridgehead atoms. The van der Waals surface area contributed by atoms with Crippen molar-refractivity contribution in [3.8, 4) is 0 Å². The third-order valence-corrected chi connectivity index (χ3v) is 3.40. The Labute approximate surface area is 127 Å². The fourth-order valence-electron chi connectivity index (χ4n) is 2.42. The number of esters is 1. The number of nitrogens with zero attached hydrogens (tertiary/aromatic N) is 1. The molecule has 1 saturated heterocycles. The summed E-state index contributed by atoms with van der Waals surface area (Å²) in [5.74, 6) is -2.30. The van der Waals surface area contributed by atoms with E-state index in [-0.39, 0.29) is 12.0 Å². The molecular weight excluding hydrogens is 288 g/mol. The molecule has 0 radical (unpaired) electrons. The number of hydrogen-bond acceptors (Lipinski definition) is 5. The van der Waals surface area contributed by atoms with Crippen molar-refractivity contribution in [3.63, 3.8) is 0 Å². The van der Waals surface area contributed by atoms with E-state index >= 15 is 0 Å². The van der Waals surface area contributed by atoms with E-state index in [0.717, 1.165) is 4.90 Å². The van der Waals surface area contributed by atoms with Gasteiger partial charge in [0, 0.05) is 18.9 Å². The minimum Gasteiger partial charge on any atom is -0.467 e. The molecule has 0 saturated carbocycles. The Morgan fingerprint density at radius 2 is 1.86 bits per heavy atom. The Morgan fingerprint density at radius 1 is 1.23 bits per heavy atom. The average Bonchev–Trinajstić information content (AvgIpc) is 2.83. The lowest BCUT2D eigenvalue weighted by atomic mass is 10.1. The average molecular weight is 304 g/mol. The lowest BCUT2D eigenvalue weighted by Gasteiger charge is -2.20. The van der Waals surface area contributed by atoms with Crippen LogP contribution in [0.4, 0.5) is 0 Å². The SMILES string of the molecule is COC(=O)[C@@H]1C[C@H](NC(C)=O)C(=O)N1C(=O)c1ccccc1. The number of benzene rings is 1. The number of methoxy groups -OCH3 is 1. The van der Waals surface area contributed by atoms with Crippen molar-refractivity contribution in [1.29, 1.82) is 0 Å². The first-order valence-corrected chi connectivity index (χ1v) is 6.73. The number of nitrogens with one attached hydrogen (secondary N) is 1. The van der Waals surface area contributed by atoms with Gasteiger partial charge in [0.05, 0.1) is 7.11 Å². The zero-order valence-corrected chi connectivity index (χ0v) is 12.2. The number of amides is 3. The molecule has 0 unspecified atom stereocenters. The Kier molecular flexibility index (Phi) is 4.55. The summed E-state index contributed by atoms with van der Waals surface area (Å²) in [4.78, 5) is 48.7. The van der Waals surface area contributed by atoms with Gasteiger partial charge in [0.2, 0.25) is 5.91 Å². The Morgan fingerprint density at radius 3 is 2.41 bits per heavy atom. The van der Waals surface area contributed by atoms with Gasteiger partial charge in [-0.15, -0.1) is 0 Å². The lowest BCUT2D eigenvalue weighted by molar-refractivity contribution is -0.147. The second-order valence-corrected chi connectivity index (χ2v) is 4.91. The minimum atomic E-state index is -1.04. The van der Waals surface area contributed by atoms with Crippen molar-refractivity contribution in [1.82, 2.24) is 10.2 Å². The minimum absolute atomic E-state index is 0.00363. The number of ether oxygens (including phenoxy) is 1. The summed E-state index contributed by atoms with van der Waals surface area (Å²) in [5, 5.41) is 2.45. The van der Waals surface area contributed by atoms with Gasteiger partial charge >= 0.3 is 5.97 Å².